The van der Waals surface area contributed by atoms with E-state index in [1.165, 1.54) is 0 Å². The number of ether oxygens (including phenoxy) is 1. The van der Waals surface area contributed by atoms with E-state index in [9.17, 15) is 26.4 Å². The Balaban J connectivity index is 2.38. The summed E-state index contributed by atoms with van der Waals surface area (Å²) in [5, 5.41) is 0. The molecule has 0 aromatic heterocycles. The molecule has 1 unspecified atom stereocenters. The molecule has 0 aliphatic carbocycles. The van der Waals surface area contributed by atoms with Gasteiger partial charge < -0.3 is 4.74 Å². The van der Waals surface area contributed by atoms with Gasteiger partial charge >= 0.3 is 12.1 Å². The van der Waals surface area contributed by atoms with E-state index in [4.69, 9.17) is 4.74 Å². The molecule has 1 heterocycles. The van der Waals surface area contributed by atoms with Gasteiger partial charge in [-0.15, -0.1) is 0 Å². The van der Waals surface area contributed by atoms with E-state index in [0.717, 1.165) is 30.5 Å². The third-order valence-electron chi connectivity index (χ3n) is 3.04. The lowest BCUT2D eigenvalue weighted by atomic mass is 9.99. The first-order valence-corrected chi connectivity index (χ1v) is 7.96. The van der Waals surface area contributed by atoms with Gasteiger partial charge in [-0.1, -0.05) is 12.1 Å². The largest absolute Gasteiger partial charge is 0.463 e. The minimum atomic E-state index is -4.51. The van der Waals surface area contributed by atoms with Crippen LogP contribution in [-0.4, -0.2) is 21.0 Å². The minimum Gasteiger partial charge on any atom is -0.463 e. The molecule has 0 fully saturated rings. The standard InChI is InChI=1S/C13H13F3N2O4S/c1-2-22-12(19)10-7-17-23(20,21)18-11(10)8-3-5-9(6-4-8)13(14,15)16/h3-7,11,17-18H,2H2,1H3. The van der Waals surface area contributed by atoms with Crippen molar-refractivity contribution in [2.24, 2.45) is 0 Å². The van der Waals surface area contributed by atoms with Crippen LogP contribution in [0.5, 0.6) is 0 Å². The maximum atomic E-state index is 12.6. The van der Waals surface area contributed by atoms with Gasteiger partial charge in [-0.2, -0.15) is 26.3 Å². The van der Waals surface area contributed by atoms with Crippen LogP contribution < -0.4 is 9.44 Å². The molecule has 2 rings (SSSR count). The van der Waals surface area contributed by atoms with Crippen molar-refractivity contribution >= 4 is 16.2 Å². The molecular formula is C13H13F3N2O4S. The third kappa shape index (κ3) is 4.02. The van der Waals surface area contributed by atoms with E-state index >= 15 is 0 Å². The quantitative estimate of drug-likeness (QED) is 0.812. The Labute approximate surface area is 130 Å². The Hall–Kier alpha value is -2.07. The highest BCUT2D eigenvalue weighted by molar-refractivity contribution is 7.87. The number of nitrogens with one attached hydrogen (secondary N) is 2. The molecule has 6 nitrogen and oxygen atoms in total. The van der Waals surface area contributed by atoms with Crippen LogP contribution in [0.4, 0.5) is 13.2 Å². The molecule has 10 heteroatoms. The summed E-state index contributed by atoms with van der Waals surface area (Å²) in [6, 6.07) is 2.70. The Morgan fingerprint density at radius 2 is 1.87 bits per heavy atom. The summed E-state index contributed by atoms with van der Waals surface area (Å²) in [5.74, 6) is -0.771. The van der Waals surface area contributed by atoms with Crippen molar-refractivity contribution in [2.45, 2.75) is 19.1 Å². The van der Waals surface area contributed by atoms with Crippen molar-refractivity contribution in [2.75, 3.05) is 6.61 Å². The second-order valence-electron chi connectivity index (χ2n) is 4.61. The lowest BCUT2D eigenvalue weighted by molar-refractivity contribution is -0.139. The van der Waals surface area contributed by atoms with Gasteiger partial charge in [-0.3, -0.25) is 4.72 Å². The number of hydrogen-bond acceptors (Lipinski definition) is 4. The van der Waals surface area contributed by atoms with Crippen molar-refractivity contribution in [3.63, 3.8) is 0 Å². The molecule has 0 spiro atoms. The average molecular weight is 350 g/mol. The normalized spacial score (nSPS) is 20.3. The van der Waals surface area contributed by atoms with Crippen molar-refractivity contribution in [1.82, 2.24) is 9.44 Å². The maximum absolute atomic E-state index is 12.6. The summed E-state index contributed by atoms with van der Waals surface area (Å²) in [6.07, 6.45) is -3.54. The summed E-state index contributed by atoms with van der Waals surface area (Å²) in [4.78, 5) is 11.9. The van der Waals surface area contributed by atoms with E-state index in [2.05, 4.69) is 4.72 Å². The summed E-state index contributed by atoms with van der Waals surface area (Å²) in [5.41, 5.74) is -0.747. The summed E-state index contributed by atoms with van der Waals surface area (Å²) in [7, 11) is -3.91. The van der Waals surface area contributed by atoms with Gasteiger partial charge in [0.15, 0.2) is 0 Å². The molecule has 1 aromatic carbocycles. The summed E-state index contributed by atoms with van der Waals surface area (Å²) >= 11 is 0. The van der Waals surface area contributed by atoms with Gasteiger partial charge in [-0.25, -0.2) is 4.79 Å². The van der Waals surface area contributed by atoms with Crippen LogP contribution in [0.1, 0.15) is 24.1 Å². The zero-order valence-corrected chi connectivity index (χ0v) is 12.7. The van der Waals surface area contributed by atoms with Crippen molar-refractivity contribution in [3.8, 4) is 0 Å². The van der Waals surface area contributed by atoms with Gasteiger partial charge in [0.2, 0.25) is 0 Å². The van der Waals surface area contributed by atoms with Gasteiger partial charge in [-0.05, 0) is 24.6 Å². The molecule has 1 atom stereocenters. The molecule has 126 valence electrons. The maximum Gasteiger partial charge on any atom is 0.416 e. The zero-order valence-electron chi connectivity index (χ0n) is 11.8. The molecule has 0 saturated heterocycles. The van der Waals surface area contributed by atoms with Crippen LogP contribution in [0, 0.1) is 0 Å². The SMILES string of the molecule is CCOC(=O)C1=CNS(=O)(=O)NC1c1ccc(C(F)(F)F)cc1. The minimum absolute atomic E-state index is 0.0542. The third-order valence-corrected chi connectivity index (χ3v) is 4.01. The van der Waals surface area contributed by atoms with E-state index < -0.39 is 34.0 Å². The van der Waals surface area contributed by atoms with E-state index in [1.54, 1.807) is 6.92 Å². The second-order valence-corrected chi connectivity index (χ2v) is 6.09. The highest BCUT2D eigenvalue weighted by atomic mass is 32.2. The molecule has 1 aliphatic rings. The van der Waals surface area contributed by atoms with Crippen molar-refractivity contribution in [1.29, 1.82) is 0 Å². The molecule has 0 radical (unpaired) electrons. The number of hydrogen-bond donors (Lipinski definition) is 2. The number of carbonyl (C=O) groups excluding carboxylic acids is 1. The van der Waals surface area contributed by atoms with Crippen LogP contribution in [0.15, 0.2) is 36.0 Å². The van der Waals surface area contributed by atoms with Crippen LogP contribution in [0.25, 0.3) is 0 Å². The Morgan fingerprint density at radius 1 is 1.26 bits per heavy atom. The van der Waals surface area contributed by atoms with Crippen LogP contribution in [-0.2, 0) is 25.9 Å². The predicted molar refractivity (Wildman–Crippen MR) is 74.1 cm³/mol. The molecule has 1 aliphatic heterocycles. The predicted octanol–water partition coefficient (Wildman–Crippen LogP) is 1.63. The zero-order chi connectivity index (χ0) is 17.3. The van der Waals surface area contributed by atoms with Crippen LogP contribution >= 0.6 is 0 Å². The summed E-state index contributed by atoms with van der Waals surface area (Å²) < 4.78 is 69.9. The molecule has 0 saturated carbocycles. The van der Waals surface area contributed by atoms with E-state index in [-0.39, 0.29) is 17.7 Å². The van der Waals surface area contributed by atoms with Crippen LogP contribution in [0.2, 0.25) is 0 Å². The van der Waals surface area contributed by atoms with Gasteiger partial charge in [0.05, 0.1) is 23.8 Å². The monoisotopic (exact) mass is 350 g/mol. The first-order chi connectivity index (χ1) is 10.6. The molecule has 23 heavy (non-hydrogen) atoms. The molecule has 0 amide bonds. The first kappa shape index (κ1) is 17.3. The Kier molecular flexibility index (Phi) is 4.66. The fourth-order valence-corrected chi connectivity index (χ4v) is 2.90. The molecular weight excluding hydrogens is 337 g/mol. The van der Waals surface area contributed by atoms with Crippen LogP contribution in [0.3, 0.4) is 0 Å². The molecule has 1 aromatic rings. The Bertz CT molecular complexity index is 727. The van der Waals surface area contributed by atoms with Gasteiger partial charge in [0, 0.05) is 6.20 Å². The van der Waals surface area contributed by atoms with Crippen molar-refractivity contribution in [3.05, 3.63) is 47.2 Å². The number of benzene rings is 1. The van der Waals surface area contributed by atoms with E-state index in [0.29, 0.717) is 0 Å². The fourth-order valence-electron chi connectivity index (χ4n) is 1.98. The lowest BCUT2D eigenvalue weighted by Gasteiger charge is -2.25. The average Bonchev–Trinajstić information content (AvgIpc) is 2.45. The molecule has 2 N–H and O–H groups in total. The number of rotatable bonds is 3. The number of halogens is 3. The number of alkyl halides is 3. The van der Waals surface area contributed by atoms with Crippen molar-refractivity contribution < 1.29 is 31.1 Å². The van der Waals surface area contributed by atoms with Gasteiger partial charge in [0.25, 0.3) is 10.2 Å². The lowest BCUT2D eigenvalue weighted by Crippen LogP contribution is -2.43. The highest BCUT2D eigenvalue weighted by Gasteiger charge is 2.34. The fraction of sp³-hybridized carbons (Fsp3) is 0.308. The topological polar surface area (TPSA) is 84.5 Å². The highest BCUT2D eigenvalue weighted by Crippen LogP contribution is 2.32. The van der Waals surface area contributed by atoms with E-state index in [1.807, 2.05) is 4.72 Å². The smallest absolute Gasteiger partial charge is 0.416 e. The summed E-state index contributed by atoms with van der Waals surface area (Å²) in [6.45, 7) is 1.65. The molecule has 0 bridgehead atoms. The number of esters is 1. The van der Waals surface area contributed by atoms with Gasteiger partial charge in [0.1, 0.15) is 0 Å². The Morgan fingerprint density at radius 3 is 2.39 bits per heavy atom. The number of carbonyl (C=O) groups is 1. The first-order valence-electron chi connectivity index (χ1n) is 6.48. The second kappa shape index (κ2) is 6.20.